The van der Waals surface area contributed by atoms with Gasteiger partial charge in [0.05, 0.1) is 11.7 Å². The number of nitrogens with two attached hydrogens (primary N) is 1. The number of nitrogens with zero attached hydrogens (tertiary/aromatic N) is 3. The summed E-state index contributed by atoms with van der Waals surface area (Å²) in [5, 5.41) is 5.26. The predicted octanol–water partition coefficient (Wildman–Crippen LogP) is 2.00. The molecule has 1 saturated heterocycles. The van der Waals surface area contributed by atoms with E-state index < -0.39 is 0 Å². The van der Waals surface area contributed by atoms with E-state index in [4.69, 9.17) is 10.7 Å². The van der Waals surface area contributed by atoms with E-state index in [2.05, 4.69) is 33.7 Å². The Morgan fingerprint density at radius 1 is 1.26 bits per heavy atom. The van der Waals surface area contributed by atoms with Gasteiger partial charge >= 0.3 is 0 Å². The van der Waals surface area contributed by atoms with Crippen molar-refractivity contribution < 1.29 is 0 Å². The topological polar surface area (TPSA) is 45.4 Å². The maximum absolute atomic E-state index is 6.25. The van der Waals surface area contributed by atoms with Gasteiger partial charge in [0.2, 0.25) is 0 Å². The quantitative estimate of drug-likeness (QED) is 0.940. The Morgan fingerprint density at radius 3 is 2.74 bits per heavy atom. The van der Waals surface area contributed by atoms with Crippen LogP contribution in [0, 0.1) is 0 Å². The molecule has 2 N–H and O–H groups in total. The molecule has 0 aliphatic carbocycles. The van der Waals surface area contributed by atoms with Crippen LogP contribution in [0.3, 0.4) is 0 Å². The van der Waals surface area contributed by atoms with Gasteiger partial charge < -0.3 is 15.5 Å². The largest absolute Gasteiger partial charge is 0.346 e. The summed E-state index contributed by atoms with van der Waals surface area (Å²) in [5.74, 6) is 0. The van der Waals surface area contributed by atoms with Crippen LogP contribution in [0.2, 0.25) is 0 Å². The van der Waals surface area contributed by atoms with Gasteiger partial charge in [-0.3, -0.25) is 0 Å². The first-order chi connectivity index (χ1) is 9.24. The fourth-order valence-electron chi connectivity index (χ4n) is 2.18. The number of thiophene rings is 1. The number of hydrogen-bond donors (Lipinski definition) is 1. The van der Waals surface area contributed by atoms with Crippen molar-refractivity contribution in [1.82, 2.24) is 9.88 Å². The first-order valence-electron chi connectivity index (χ1n) is 6.42. The van der Waals surface area contributed by atoms with Crippen molar-refractivity contribution in [1.29, 1.82) is 0 Å². The number of hydrogen-bond acceptors (Lipinski definition) is 6. The van der Waals surface area contributed by atoms with Crippen molar-refractivity contribution in [2.75, 3.05) is 38.1 Å². The van der Waals surface area contributed by atoms with Crippen molar-refractivity contribution >= 4 is 27.8 Å². The standard InChI is InChI=1S/C13H18N4S2/c1-16-4-6-17(7-5-16)13-15-10(9-19-13)12(14)11-3-2-8-18-11/h2-3,8-9,12H,4-7,14H2,1H3. The molecule has 0 aromatic carbocycles. The van der Waals surface area contributed by atoms with Crippen LogP contribution in [0.25, 0.3) is 0 Å². The number of piperazine rings is 1. The first-order valence-corrected chi connectivity index (χ1v) is 8.18. The van der Waals surface area contributed by atoms with Crippen LogP contribution >= 0.6 is 22.7 Å². The lowest BCUT2D eigenvalue weighted by molar-refractivity contribution is 0.312. The van der Waals surface area contributed by atoms with Gasteiger partial charge in [-0.05, 0) is 18.5 Å². The summed E-state index contributed by atoms with van der Waals surface area (Å²) in [6.45, 7) is 4.31. The van der Waals surface area contributed by atoms with E-state index in [1.165, 1.54) is 4.88 Å². The highest BCUT2D eigenvalue weighted by atomic mass is 32.1. The van der Waals surface area contributed by atoms with E-state index in [1.54, 1.807) is 22.7 Å². The van der Waals surface area contributed by atoms with Gasteiger partial charge in [-0.25, -0.2) is 4.98 Å². The van der Waals surface area contributed by atoms with Crippen molar-refractivity contribution in [2.24, 2.45) is 5.73 Å². The average molecular weight is 294 g/mol. The Morgan fingerprint density at radius 2 is 2.05 bits per heavy atom. The SMILES string of the molecule is CN1CCN(c2nc(C(N)c3cccs3)cs2)CC1. The molecule has 1 atom stereocenters. The van der Waals surface area contributed by atoms with E-state index in [0.29, 0.717) is 0 Å². The molecule has 3 rings (SSSR count). The maximum atomic E-state index is 6.25. The van der Waals surface area contributed by atoms with Crippen molar-refractivity contribution in [3.8, 4) is 0 Å². The van der Waals surface area contributed by atoms with Crippen molar-refractivity contribution in [3.05, 3.63) is 33.5 Å². The van der Waals surface area contributed by atoms with Crippen LogP contribution in [0.4, 0.5) is 5.13 Å². The van der Waals surface area contributed by atoms with Gasteiger partial charge in [0, 0.05) is 36.4 Å². The third kappa shape index (κ3) is 2.81. The molecule has 1 aliphatic heterocycles. The number of aromatic nitrogens is 1. The summed E-state index contributed by atoms with van der Waals surface area (Å²) in [5.41, 5.74) is 7.24. The molecule has 3 heterocycles. The van der Waals surface area contributed by atoms with Crippen LogP contribution in [0.15, 0.2) is 22.9 Å². The minimum Gasteiger partial charge on any atom is -0.346 e. The molecule has 4 nitrogen and oxygen atoms in total. The zero-order valence-electron chi connectivity index (χ0n) is 11.0. The highest BCUT2D eigenvalue weighted by Crippen LogP contribution is 2.28. The summed E-state index contributed by atoms with van der Waals surface area (Å²) < 4.78 is 0. The predicted molar refractivity (Wildman–Crippen MR) is 82.2 cm³/mol. The minimum atomic E-state index is -0.0857. The molecule has 2 aromatic rings. The van der Waals surface area contributed by atoms with Gasteiger partial charge in [0.15, 0.2) is 5.13 Å². The molecule has 19 heavy (non-hydrogen) atoms. The van der Waals surface area contributed by atoms with E-state index in [-0.39, 0.29) is 6.04 Å². The van der Waals surface area contributed by atoms with Gasteiger partial charge in [0.1, 0.15) is 0 Å². The second-order valence-electron chi connectivity index (χ2n) is 4.84. The van der Waals surface area contributed by atoms with E-state index in [1.807, 2.05) is 6.07 Å². The lowest BCUT2D eigenvalue weighted by Crippen LogP contribution is -2.44. The summed E-state index contributed by atoms with van der Waals surface area (Å²) in [7, 11) is 2.16. The van der Waals surface area contributed by atoms with E-state index in [0.717, 1.165) is 37.0 Å². The zero-order chi connectivity index (χ0) is 13.2. The third-order valence-corrected chi connectivity index (χ3v) is 5.33. The normalized spacial score (nSPS) is 18.7. The lowest BCUT2D eigenvalue weighted by Gasteiger charge is -2.32. The lowest BCUT2D eigenvalue weighted by atomic mass is 10.2. The van der Waals surface area contributed by atoms with E-state index in [9.17, 15) is 0 Å². The Balaban J connectivity index is 1.73. The molecule has 0 radical (unpaired) electrons. The molecule has 1 unspecified atom stereocenters. The van der Waals surface area contributed by atoms with Crippen molar-refractivity contribution in [3.63, 3.8) is 0 Å². The Kier molecular flexibility index (Phi) is 3.83. The monoisotopic (exact) mass is 294 g/mol. The average Bonchev–Trinajstić information content (AvgIpc) is 3.10. The number of thiazole rings is 1. The maximum Gasteiger partial charge on any atom is 0.185 e. The fourth-order valence-corrected chi connectivity index (χ4v) is 3.83. The van der Waals surface area contributed by atoms with Crippen LogP contribution in [0.5, 0.6) is 0 Å². The summed E-state index contributed by atoms with van der Waals surface area (Å²) >= 11 is 3.39. The molecule has 0 saturated carbocycles. The fraction of sp³-hybridized carbons (Fsp3) is 0.462. The molecular formula is C13H18N4S2. The van der Waals surface area contributed by atoms with Gasteiger partial charge in [-0.15, -0.1) is 22.7 Å². The minimum absolute atomic E-state index is 0.0857. The molecular weight excluding hydrogens is 276 g/mol. The first kappa shape index (κ1) is 13.1. The van der Waals surface area contributed by atoms with E-state index >= 15 is 0 Å². The van der Waals surface area contributed by atoms with Crippen LogP contribution in [-0.2, 0) is 0 Å². The molecule has 0 amide bonds. The molecule has 0 spiro atoms. The van der Waals surface area contributed by atoms with Crippen LogP contribution < -0.4 is 10.6 Å². The number of likely N-dealkylation sites (N-methyl/N-ethyl adjacent to an activating group) is 1. The zero-order valence-corrected chi connectivity index (χ0v) is 12.6. The van der Waals surface area contributed by atoms with Gasteiger partial charge in [-0.2, -0.15) is 0 Å². The summed E-state index contributed by atoms with van der Waals surface area (Å²) in [6.07, 6.45) is 0. The summed E-state index contributed by atoms with van der Waals surface area (Å²) in [4.78, 5) is 10.6. The third-order valence-electron chi connectivity index (χ3n) is 3.45. The van der Waals surface area contributed by atoms with Gasteiger partial charge in [-0.1, -0.05) is 6.07 Å². The number of anilines is 1. The molecule has 1 fully saturated rings. The smallest absolute Gasteiger partial charge is 0.185 e. The van der Waals surface area contributed by atoms with Gasteiger partial charge in [0.25, 0.3) is 0 Å². The Bertz CT molecular complexity index is 514. The Labute approximate surface area is 121 Å². The highest BCUT2D eigenvalue weighted by molar-refractivity contribution is 7.13. The van der Waals surface area contributed by atoms with Crippen molar-refractivity contribution in [2.45, 2.75) is 6.04 Å². The van der Waals surface area contributed by atoms with Crippen LogP contribution in [-0.4, -0.2) is 43.1 Å². The number of rotatable bonds is 3. The molecule has 1 aliphatic rings. The molecule has 2 aromatic heterocycles. The van der Waals surface area contributed by atoms with Crippen LogP contribution in [0.1, 0.15) is 16.6 Å². The molecule has 6 heteroatoms. The Hall–Kier alpha value is -0.950. The summed E-state index contributed by atoms with van der Waals surface area (Å²) in [6, 6.07) is 4.02. The highest BCUT2D eigenvalue weighted by Gasteiger charge is 2.19. The molecule has 102 valence electrons. The second kappa shape index (κ2) is 5.58. The second-order valence-corrected chi connectivity index (χ2v) is 6.65. The molecule has 0 bridgehead atoms.